The lowest BCUT2D eigenvalue weighted by Gasteiger charge is -2.37. The van der Waals surface area contributed by atoms with Crippen molar-refractivity contribution in [3.8, 4) is 0 Å². The molecule has 3 heterocycles. The molecule has 2 aliphatic rings. The monoisotopic (exact) mass is 353 g/mol. The highest BCUT2D eigenvalue weighted by Crippen LogP contribution is 2.14. The molecule has 24 heavy (non-hydrogen) atoms. The van der Waals surface area contributed by atoms with Crippen molar-refractivity contribution in [2.75, 3.05) is 42.6 Å². The normalized spacial score (nSPS) is 25.4. The number of nitrogens with zero attached hydrogens (tertiary/aromatic N) is 4. The number of piperazine rings is 1. The number of amides is 1. The molecule has 0 radical (unpaired) electrons. The van der Waals surface area contributed by atoms with Gasteiger partial charge in [0.05, 0.1) is 17.5 Å². The summed E-state index contributed by atoms with van der Waals surface area (Å²) in [7, 11) is -2.98. The van der Waals surface area contributed by atoms with Crippen LogP contribution in [0.1, 0.15) is 13.3 Å². The molecular weight excluding hydrogens is 330 g/mol. The van der Waals surface area contributed by atoms with Crippen LogP contribution in [0.25, 0.3) is 0 Å². The van der Waals surface area contributed by atoms with Gasteiger partial charge in [-0.25, -0.2) is 18.4 Å². The Labute approximate surface area is 142 Å². The molecule has 1 amide bonds. The van der Waals surface area contributed by atoms with Crippen molar-refractivity contribution in [1.29, 1.82) is 0 Å². The summed E-state index contributed by atoms with van der Waals surface area (Å²) in [6.45, 7) is 4.89. The molecule has 2 fully saturated rings. The van der Waals surface area contributed by atoms with Gasteiger partial charge in [0.25, 0.3) is 0 Å². The van der Waals surface area contributed by atoms with E-state index in [-0.39, 0.29) is 29.5 Å². The van der Waals surface area contributed by atoms with Gasteiger partial charge < -0.3 is 10.2 Å². The third kappa shape index (κ3) is 4.02. The third-order valence-electron chi connectivity index (χ3n) is 4.66. The number of rotatable bonds is 4. The molecule has 0 bridgehead atoms. The van der Waals surface area contributed by atoms with E-state index in [1.807, 2.05) is 6.92 Å². The zero-order valence-corrected chi connectivity index (χ0v) is 14.6. The molecule has 1 N–H and O–H groups in total. The van der Waals surface area contributed by atoms with E-state index in [4.69, 9.17) is 0 Å². The van der Waals surface area contributed by atoms with Gasteiger partial charge in [-0.3, -0.25) is 9.69 Å². The van der Waals surface area contributed by atoms with Crippen molar-refractivity contribution in [3.05, 3.63) is 18.5 Å². The Bertz CT molecular complexity index is 674. The lowest BCUT2D eigenvalue weighted by atomic mass is 10.2. The predicted molar refractivity (Wildman–Crippen MR) is 90.5 cm³/mol. The number of sulfone groups is 1. The molecule has 0 unspecified atom stereocenters. The van der Waals surface area contributed by atoms with Gasteiger partial charge in [0, 0.05) is 44.6 Å². The molecule has 8 nitrogen and oxygen atoms in total. The molecule has 2 aliphatic heterocycles. The lowest BCUT2D eigenvalue weighted by Crippen LogP contribution is -2.55. The first-order chi connectivity index (χ1) is 11.4. The summed E-state index contributed by atoms with van der Waals surface area (Å²) in [4.78, 5) is 25.1. The summed E-state index contributed by atoms with van der Waals surface area (Å²) in [6.07, 6.45) is 3.96. The van der Waals surface area contributed by atoms with Gasteiger partial charge in [0.15, 0.2) is 9.84 Å². The largest absolute Gasteiger partial charge is 0.351 e. The van der Waals surface area contributed by atoms with Crippen molar-refractivity contribution in [2.45, 2.75) is 25.4 Å². The average Bonchev–Trinajstić information content (AvgIpc) is 2.93. The molecule has 2 saturated heterocycles. The summed E-state index contributed by atoms with van der Waals surface area (Å²) >= 11 is 0. The first kappa shape index (κ1) is 17.1. The molecule has 3 rings (SSSR count). The number of carbonyl (C=O) groups is 1. The van der Waals surface area contributed by atoms with Crippen LogP contribution in [0.2, 0.25) is 0 Å². The highest BCUT2D eigenvalue weighted by atomic mass is 32.2. The Morgan fingerprint density at radius 3 is 2.50 bits per heavy atom. The average molecular weight is 353 g/mol. The highest BCUT2D eigenvalue weighted by Gasteiger charge is 2.32. The molecule has 0 aliphatic carbocycles. The quantitative estimate of drug-likeness (QED) is 0.764. The molecule has 9 heteroatoms. The smallest absolute Gasteiger partial charge is 0.237 e. The van der Waals surface area contributed by atoms with Gasteiger partial charge in [0.1, 0.15) is 0 Å². The maximum Gasteiger partial charge on any atom is 0.237 e. The summed E-state index contributed by atoms with van der Waals surface area (Å²) in [5.41, 5.74) is 0. The van der Waals surface area contributed by atoms with Crippen molar-refractivity contribution in [3.63, 3.8) is 0 Å². The van der Waals surface area contributed by atoms with Gasteiger partial charge in [-0.05, 0) is 19.4 Å². The van der Waals surface area contributed by atoms with Gasteiger partial charge in [0.2, 0.25) is 11.9 Å². The zero-order valence-electron chi connectivity index (χ0n) is 13.8. The number of hydrogen-bond acceptors (Lipinski definition) is 7. The van der Waals surface area contributed by atoms with Crippen LogP contribution in [0.15, 0.2) is 18.5 Å². The van der Waals surface area contributed by atoms with Crippen molar-refractivity contribution < 1.29 is 13.2 Å². The molecular formula is C15H23N5O3S. The first-order valence-corrected chi connectivity index (χ1v) is 10.0. The van der Waals surface area contributed by atoms with Crippen LogP contribution in [0, 0.1) is 0 Å². The SMILES string of the molecule is C[C@@H](C(=O)N[C@H]1CCS(=O)(=O)C1)N1CCN(c2ncccn2)CC1. The first-order valence-electron chi connectivity index (χ1n) is 8.21. The van der Waals surface area contributed by atoms with Crippen LogP contribution in [0.4, 0.5) is 5.95 Å². The zero-order chi connectivity index (χ0) is 17.2. The second kappa shape index (κ2) is 7.02. The van der Waals surface area contributed by atoms with Crippen molar-refractivity contribution in [1.82, 2.24) is 20.2 Å². The molecule has 1 aromatic heterocycles. The van der Waals surface area contributed by atoms with Crippen LogP contribution in [0.3, 0.4) is 0 Å². The van der Waals surface area contributed by atoms with Gasteiger partial charge in [-0.15, -0.1) is 0 Å². The number of anilines is 1. The van der Waals surface area contributed by atoms with Crippen LogP contribution >= 0.6 is 0 Å². The minimum Gasteiger partial charge on any atom is -0.351 e. The number of aromatic nitrogens is 2. The van der Waals surface area contributed by atoms with E-state index in [1.165, 1.54) is 0 Å². The van der Waals surface area contributed by atoms with E-state index < -0.39 is 9.84 Å². The van der Waals surface area contributed by atoms with E-state index in [0.717, 1.165) is 26.2 Å². The predicted octanol–water partition coefficient (Wildman–Crippen LogP) is -0.710. The lowest BCUT2D eigenvalue weighted by molar-refractivity contribution is -0.126. The summed E-state index contributed by atoms with van der Waals surface area (Å²) < 4.78 is 23.0. The Balaban J connectivity index is 1.50. The Morgan fingerprint density at radius 1 is 1.25 bits per heavy atom. The summed E-state index contributed by atoms with van der Waals surface area (Å²) in [6, 6.07) is 1.27. The second-order valence-corrected chi connectivity index (χ2v) is 8.59. The Kier molecular flexibility index (Phi) is 5.00. The molecule has 1 aromatic rings. The second-order valence-electron chi connectivity index (χ2n) is 6.36. The fourth-order valence-corrected chi connectivity index (χ4v) is 4.83. The molecule has 132 valence electrons. The fraction of sp³-hybridized carbons (Fsp3) is 0.667. The van der Waals surface area contributed by atoms with Crippen molar-refractivity contribution >= 4 is 21.7 Å². The summed E-state index contributed by atoms with van der Waals surface area (Å²) in [5.74, 6) is 0.846. The van der Waals surface area contributed by atoms with Crippen LogP contribution in [-0.4, -0.2) is 79.0 Å². The fourth-order valence-electron chi connectivity index (χ4n) is 3.16. The van der Waals surface area contributed by atoms with E-state index in [0.29, 0.717) is 12.4 Å². The minimum absolute atomic E-state index is 0.0601. The minimum atomic E-state index is -2.98. The summed E-state index contributed by atoms with van der Waals surface area (Å²) in [5, 5.41) is 2.88. The van der Waals surface area contributed by atoms with Gasteiger partial charge in [-0.1, -0.05) is 0 Å². The van der Waals surface area contributed by atoms with Crippen LogP contribution in [-0.2, 0) is 14.6 Å². The molecule has 0 saturated carbocycles. The van der Waals surface area contributed by atoms with Gasteiger partial charge in [-0.2, -0.15) is 0 Å². The van der Waals surface area contributed by atoms with E-state index in [9.17, 15) is 13.2 Å². The topological polar surface area (TPSA) is 95.5 Å². The van der Waals surface area contributed by atoms with Crippen LogP contribution < -0.4 is 10.2 Å². The van der Waals surface area contributed by atoms with Crippen LogP contribution in [0.5, 0.6) is 0 Å². The highest BCUT2D eigenvalue weighted by molar-refractivity contribution is 7.91. The molecule has 2 atom stereocenters. The standard InChI is InChI=1S/C15H23N5O3S/c1-12(14(21)18-13-3-10-24(22,23)11-13)19-6-8-20(9-7-19)15-16-4-2-5-17-15/h2,4-5,12-13H,3,6-11H2,1H3,(H,18,21)/t12-,13-/m0/s1. The molecule has 0 aromatic carbocycles. The number of nitrogens with one attached hydrogen (secondary N) is 1. The van der Waals surface area contributed by atoms with E-state index >= 15 is 0 Å². The Morgan fingerprint density at radius 2 is 1.92 bits per heavy atom. The number of carbonyl (C=O) groups excluding carboxylic acids is 1. The Hall–Kier alpha value is -1.74. The third-order valence-corrected chi connectivity index (χ3v) is 6.42. The van der Waals surface area contributed by atoms with E-state index in [2.05, 4.69) is 25.1 Å². The number of hydrogen-bond donors (Lipinski definition) is 1. The molecule has 0 spiro atoms. The maximum absolute atomic E-state index is 12.4. The van der Waals surface area contributed by atoms with Gasteiger partial charge >= 0.3 is 0 Å². The maximum atomic E-state index is 12.4. The van der Waals surface area contributed by atoms with Crippen molar-refractivity contribution in [2.24, 2.45) is 0 Å². The van der Waals surface area contributed by atoms with E-state index in [1.54, 1.807) is 18.5 Å².